The van der Waals surface area contributed by atoms with E-state index in [1.807, 2.05) is 0 Å². The summed E-state index contributed by atoms with van der Waals surface area (Å²) in [6.45, 7) is 0. The van der Waals surface area contributed by atoms with E-state index < -0.39 is 16.8 Å². The van der Waals surface area contributed by atoms with Crippen molar-refractivity contribution in [3.05, 3.63) is 39.7 Å². The molecular formula is C12H10F3NO2S. The van der Waals surface area contributed by atoms with E-state index in [9.17, 15) is 18.3 Å². The van der Waals surface area contributed by atoms with Gasteiger partial charge < -0.3 is 9.52 Å². The van der Waals surface area contributed by atoms with E-state index in [4.69, 9.17) is 4.42 Å². The Morgan fingerprint density at radius 1 is 1.42 bits per heavy atom. The lowest BCUT2D eigenvalue weighted by atomic mass is 9.82. The number of furan rings is 1. The lowest BCUT2D eigenvalue weighted by Crippen LogP contribution is -2.30. The van der Waals surface area contributed by atoms with Gasteiger partial charge in [0.25, 0.3) is 0 Å². The standard InChI is InChI=1S/C12H10F3NO2S/c13-12(14,15)10-16-6-9(19-10)11(17)4-1-2-8-7(11)3-5-18-8/h3,5-6,17H,1-2,4H2. The van der Waals surface area contributed by atoms with E-state index in [1.165, 1.54) is 6.26 Å². The maximum absolute atomic E-state index is 12.6. The van der Waals surface area contributed by atoms with Crippen molar-refractivity contribution in [3.8, 4) is 0 Å². The van der Waals surface area contributed by atoms with Crippen LogP contribution in [0.25, 0.3) is 0 Å². The van der Waals surface area contributed by atoms with Gasteiger partial charge in [-0.1, -0.05) is 0 Å². The zero-order valence-corrected chi connectivity index (χ0v) is 10.5. The molecule has 3 rings (SSSR count). The van der Waals surface area contributed by atoms with E-state index in [0.29, 0.717) is 41.9 Å². The van der Waals surface area contributed by atoms with Crippen LogP contribution in [0.5, 0.6) is 0 Å². The fourth-order valence-electron chi connectivity index (χ4n) is 2.39. The van der Waals surface area contributed by atoms with E-state index in [1.54, 1.807) is 6.07 Å². The van der Waals surface area contributed by atoms with Crippen molar-refractivity contribution >= 4 is 11.3 Å². The lowest BCUT2D eigenvalue weighted by Gasteiger charge is -2.30. The highest BCUT2D eigenvalue weighted by Crippen LogP contribution is 2.44. The summed E-state index contributed by atoms with van der Waals surface area (Å²) in [5.41, 5.74) is -0.863. The first-order valence-electron chi connectivity index (χ1n) is 5.74. The Labute approximate surface area is 110 Å². The molecule has 0 saturated heterocycles. The third-order valence-electron chi connectivity index (χ3n) is 3.29. The van der Waals surface area contributed by atoms with Crippen molar-refractivity contribution < 1.29 is 22.7 Å². The van der Waals surface area contributed by atoms with Crippen molar-refractivity contribution in [1.82, 2.24) is 4.98 Å². The third kappa shape index (κ3) is 1.97. The summed E-state index contributed by atoms with van der Waals surface area (Å²) in [5, 5.41) is 9.77. The van der Waals surface area contributed by atoms with Crippen LogP contribution in [0.4, 0.5) is 13.2 Å². The summed E-state index contributed by atoms with van der Waals surface area (Å²) in [4.78, 5) is 3.58. The molecule has 0 saturated carbocycles. The van der Waals surface area contributed by atoms with Gasteiger partial charge >= 0.3 is 6.18 Å². The van der Waals surface area contributed by atoms with Gasteiger partial charge in [0.2, 0.25) is 0 Å². The lowest BCUT2D eigenvalue weighted by molar-refractivity contribution is -0.137. The maximum atomic E-state index is 12.6. The number of halogens is 3. The number of fused-ring (bicyclic) bond motifs is 1. The van der Waals surface area contributed by atoms with Crippen molar-refractivity contribution in [1.29, 1.82) is 0 Å². The minimum atomic E-state index is -4.48. The molecule has 0 aliphatic heterocycles. The SMILES string of the molecule is OC1(c2cnc(C(F)(F)F)s2)CCCc2occc21. The van der Waals surface area contributed by atoms with Crippen molar-refractivity contribution in [2.45, 2.75) is 31.0 Å². The van der Waals surface area contributed by atoms with Crippen LogP contribution in [-0.2, 0) is 18.2 Å². The molecule has 2 aromatic rings. The van der Waals surface area contributed by atoms with Crippen molar-refractivity contribution in [2.24, 2.45) is 0 Å². The molecule has 0 fully saturated rings. The number of rotatable bonds is 1. The largest absolute Gasteiger partial charge is 0.469 e. The van der Waals surface area contributed by atoms with Crippen molar-refractivity contribution in [2.75, 3.05) is 0 Å². The average Bonchev–Trinajstić information content (AvgIpc) is 2.98. The molecule has 1 unspecified atom stereocenters. The van der Waals surface area contributed by atoms with Gasteiger partial charge in [0.05, 0.1) is 11.1 Å². The summed E-state index contributed by atoms with van der Waals surface area (Å²) >= 11 is 0.484. The minimum absolute atomic E-state index is 0.210. The molecular weight excluding hydrogens is 279 g/mol. The average molecular weight is 289 g/mol. The van der Waals surface area contributed by atoms with Crippen LogP contribution in [0, 0.1) is 0 Å². The predicted molar refractivity (Wildman–Crippen MR) is 61.8 cm³/mol. The van der Waals surface area contributed by atoms with E-state index in [0.717, 1.165) is 6.20 Å². The summed E-state index contributed by atoms with van der Waals surface area (Å²) in [6.07, 6.45) is -0.194. The number of hydrogen-bond acceptors (Lipinski definition) is 4. The molecule has 1 N–H and O–H groups in total. The van der Waals surface area contributed by atoms with E-state index >= 15 is 0 Å². The smallest absolute Gasteiger partial charge is 0.443 e. The van der Waals surface area contributed by atoms with Gasteiger partial charge in [-0.25, -0.2) is 4.98 Å². The second kappa shape index (κ2) is 4.08. The molecule has 19 heavy (non-hydrogen) atoms. The van der Waals surface area contributed by atoms with Crippen LogP contribution in [0.3, 0.4) is 0 Å². The molecule has 0 aromatic carbocycles. The predicted octanol–water partition coefficient (Wildman–Crippen LogP) is 3.33. The Morgan fingerprint density at radius 3 is 2.89 bits per heavy atom. The number of aromatic nitrogens is 1. The van der Waals surface area contributed by atoms with Gasteiger partial charge in [-0.3, -0.25) is 0 Å². The topological polar surface area (TPSA) is 46.3 Å². The Balaban J connectivity index is 2.05. The summed E-state index contributed by atoms with van der Waals surface area (Å²) in [7, 11) is 0. The van der Waals surface area contributed by atoms with Gasteiger partial charge in [0.15, 0.2) is 5.01 Å². The minimum Gasteiger partial charge on any atom is -0.469 e. The van der Waals surface area contributed by atoms with Crippen molar-refractivity contribution in [3.63, 3.8) is 0 Å². The van der Waals surface area contributed by atoms with Crippen LogP contribution in [0.2, 0.25) is 0 Å². The Bertz CT molecular complexity index is 604. The summed E-state index contributed by atoms with van der Waals surface area (Å²) in [6, 6.07) is 1.61. The van der Waals surface area contributed by atoms with Gasteiger partial charge in [-0.15, -0.1) is 11.3 Å². The van der Waals surface area contributed by atoms with Crippen LogP contribution in [-0.4, -0.2) is 10.1 Å². The zero-order chi connectivity index (χ0) is 13.7. The van der Waals surface area contributed by atoms with Gasteiger partial charge in [0, 0.05) is 18.2 Å². The number of hydrogen-bond donors (Lipinski definition) is 1. The number of aryl methyl sites for hydroxylation is 1. The normalized spacial score (nSPS) is 23.4. The highest BCUT2D eigenvalue weighted by molar-refractivity contribution is 7.11. The number of aliphatic hydroxyl groups is 1. The molecule has 1 aliphatic rings. The number of nitrogens with zero attached hydrogens (tertiary/aromatic N) is 1. The third-order valence-corrected chi connectivity index (χ3v) is 4.48. The summed E-state index contributed by atoms with van der Waals surface area (Å²) < 4.78 is 43.0. The van der Waals surface area contributed by atoms with E-state index in [-0.39, 0.29) is 4.88 Å². The van der Waals surface area contributed by atoms with Crippen LogP contribution < -0.4 is 0 Å². The Kier molecular flexibility index (Phi) is 2.72. The first-order chi connectivity index (χ1) is 8.91. The zero-order valence-electron chi connectivity index (χ0n) is 9.70. The van der Waals surface area contributed by atoms with Crippen LogP contribution in [0.15, 0.2) is 22.9 Å². The Morgan fingerprint density at radius 2 is 2.21 bits per heavy atom. The molecule has 7 heteroatoms. The molecule has 0 radical (unpaired) electrons. The van der Waals surface area contributed by atoms with Crippen LogP contribution in [0.1, 0.15) is 34.1 Å². The molecule has 0 amide bonds. The fourth-order valence-corrected chi connectivity index (χ4v) is 3.31. The van der Waals surface area contributed by atoms with Gasteiger partial charge in [-0.2, -0.15) is 13.2 Å². The number of thiazole rings is 1. The highest BCUT2D eigenvalue weighted by Gasteiger charge is 2.42. The van der Waals surface area contributed by atoms with Gasteiger partial charge in [0.1, 0.15) is 11.4 Å². The van der Waals surface area contributed by atoms with Gasteiger partial charge in [-0.05, 0) is 18.9 Å². The molecule has 102 valence electrons. The Hall–Kier alpha value is -1.34. The summed E-state index contributed by atoms with van der Waals surface area (Å²) in [5.74, 6) is 0.635. The highest BCUT2D eigenvalue weighted by atomic mass is 32.1. The number of alkyl halides is 3. The molecule has 1 aliphatic carbocycles. The molecule has 2 heterocycles. The first kappa shape index (κ1) is 12.7. The second-order valence-corrected chi connectivity index (χ2v) is 5.53. The molecule has 1 atom stereocenters. The molecule has 2 aromatic heterocycles. The maximum Gasteiger partial charge on any atom is 0.443 e. The quantitative estimate of drug-likeness (QED) is 0.876. The molecule has 0 bridgehead atoms. The van der Waals surface area contributed by atoms with E-state index in [2.05, 4.69) is 4.98 Å². The van der Waals surface area contributed by atoms with Crippen LogP contribution >= 0.6 is 11.3 Å². The molecule has 0 spiro atoms. The first-order valence-corrected chi connectivity index (χ1v) is 6.55. The molecule has 3 nitrogen and oxygen atoms in total. The monoisotopic (exact) mass is 289 g/mol. The second-order valence-electron chi connectivity index (χ2n) is 4.50. The fraction of sp³-hybridized carbons (Fsp3) is 0.417.